The molecule has 0 aromatic carbocycles. The van der Waals surface area contributed by atoms with Gasteiger partial charge in [-0.1, -0.05) is 19.1 Å². The summed E-state index contributed by atoms with van der Waals surface area (Å²) in [5.74, 6) is -0.875. The number of hydrogen-bond donors (Lipinski definition) is 2. The van der Waals surface area contributed by atoms with Crippen LogP contribution in [0.5, 0.6) is 0 Å². The van der Waals surface area contributed by atoms with E-state index in [0.29, 0.717) is 19.4 Å². The van der Waals surface area contributed by atoms with Crippen molar-refractivity contribution in [3.05, 3.63) is 0 Å². The fourth-order valence-corrected chi connectivity index (χ4v) is 4.28. The van der Waals surface area contributed by atoms with Gasteiger partial charge in [0.25, 0.3) is 0 Å². The zero-order chi connectivity index (χ0) is 13.2. The summed E-state index contributed by atoms with van der Waals surface area (Å²) in [6.45, 7) is 2.15. The number of nitrogens with two attached hydrogens (primary N) is 2. The van der Waals surface area contributed by atoms with Crippen molar-refractivity contribution in [2.75, 3.05) is 13.1 Å². The number of rotatable bonds is 5. The van der Waals surface area contributed by atoms with E-state index >= 15 is 0 Å². The van der Waals surface area contributed by atoms with Gasteiger partial charge in [-0.15, -0.1) is 0 Å². The lowest BCUT2D eigenvalue weighted by Gasteiger charge is -2.22. The van der Waals surface area contributed by atoms with Crippen molar-refractivity contribution in [2.24, 2.45) is 17.4 Å². The van der Waals surface area contributed by atoms with Gasteiger partial charge in [-0.3, -0.25) is 4.79 Å². The second-order valence-electron chi connectivity index (χ2n) is 4.09. The van der Waals surface area contributed by atoms with E-state index in [2.05, 4.69) is 0 Å². The van der Waals surface area contributed by atoms with E-state index in [0.717, 1.165) is 0 Å². The van der Waals surface area contributed by atoms with Gasteiger partial charge >= 0.3 is 0 Å². The van der Waals surface area contributed by atoms with Gasteiger partial charge in [0.15, 0.2) is 0 Å². The Bertz CT molecular complexity index is 421. The summed E-state index contributed by atoms with van der Waals surface area (Å²) in [6, 6.07) is 0. The Labute approximate surface area is 106 Å². The average Bonchev–Trinajstić information content (AvgIpc) is 2.66. The lowest BCUT2D eigenvalue weighted by atomic mass is 10.1. The molecule has 0 radical (unpaired) electrons. The maximum absolute atomic E-state index is 12.2. The SMILES string of the molecule is CCC(C(N)=S)S(=O)(=O)N1CCC(C(N)=O)C1. The third kappa shape index (κ3) is 2.93. The molecule has 0 aromatic heterocycles. The predicted octanol–water partition coefficient (Wildman–Crippen LogP) is -0.812. The van der Waals surface area contributed by atoms with Gasteiger partial charge in [-0.2, -0.15) is 0 Å². The largest absolute Gasteiger partial charge is 0.392 e. The summed E-state index contributed by atoms with van der Waals surface area (Å²) in [7, 11) is -3.56. The van der Waals surface area contributed by atoms with E-state index in [1.165, 1.54) is 4.31 Å². The number of carbonyl (C=O) groups is 1. The molecule has 17 heavy (non-hydrogen) atoms. The molecule has 1 saturated heterocycles. The second-order valence-corrected chi connectivity index (χ2v) is 6.68. The number of carbonyl (C=O) groups excluding carboxylic acids is 1. The van der Waals surface area contributed by atoms with E-state index in [4.69, 9.17) is 23.7 Å². The highest BCUT2D eigenvalue weighted by atomic mass is 32.2. The summed E-state index contributed by atoms with van der Waals surface area (Å²) in [4.78, 5) is 11.0. The Balaban J connectivity index is 2.86. The van der Waals surface area contributed by atoms with Crippen LogP contribution in [-0.4, -0.2) is 42.0 Å². The topological polar surface area (TPSA) is 106 Å². The minimum absolute atomic E-state index is 0.0324. The highest BCUT2D eigenvalue weighted by Gasteiger charge is 2.38. The molecule has 0 saturated carbocycles. The monoisotopic (exact) mass is 279 g/mol. The predicted molar refractivity (Wildman–Crippen MR) is 68.7 cm³/mol. The molecule has 1 aliphatic heterocycles. The quantitative estimate of drug-likeness (QED) is 0.640. The van der Waals surface area contributed by atoms with Crippen molar-refractivity contribution in [1.29, 1.82) is 0 Å². The maximum atomic E-state index is 12.2. The van der Waals surface area contributed by atoms with Gasteiger partial charge < -0.3 is 11.5 Å². The highest BCUT2D eigenvalue weighted by molar-refractivity contribution is 7.92. The molecule has 1 amide bonds. The van der Waals surface area contributed by atoms with E-state index < -0.39 is 27.1 Å². The van der Waals surface area contributed by atoms with E-state index in [1.54, 1.807) is 6.92 Å². The number of primary amides is 1. The van der Waals surface area contributed by atoms with Crippen LogP contribution in [0.2, 0.25) is 0 Å². The fourth-order valence-electron chi connectivity index (χ4n) is 1.93. The number of sulfonamides is 1. The standard InChI is InChI=1S/C9H17N3O3S2/c1-2-7(9(11)16)17(14,15)12-4-3-6(5-12)8(10)13/h6-7H,2-5H2,1H3,(H2,10,13)(H2,11,16). The summed E-state index contributed by atoms with van der Waals surface area (Å²) >= 11 is 4.76. The van der Waals surface area contributed by atoms with Crippen LogP contribution in [0, 0.1) is 5.92 Å². The van der Waals surface area contributed by atoms with Crippen LogP contribution < -0.4 is 11.5 Å². The molecule has 4 N–H and O–H groups in total. The molecule has 2 unspecified atom stereocenters. The van der Waals surface area contributed by atoms with Crippen molar-refractivity contribution in [3.63, 3.8) is 0 Å². The van der Waals surface area contributed by atoms with E-state index in [-0.39, 0.29) is 11.5 Å². The molecule has 1 fully saturated rings. The normalized spacial score (nSPS) is 23.5. The summed E-state index contributed by atoms with van der Waals surface area (Å²) < 4.78 is 25.6. The minimum Gasteiger partial charge on any atom is -0.392 e. The van der Waals surface area contributed by atoms with Crippen LogP contribution in [0.25, 0.3) is 0 Å². The molecular formula is C9H17N3O3S2. The molecular weight excluding hydrogens is 262 g/mol. The first kappa shape index (κ1) is 14.3. The summed E-state index contributed by atoms with van der Waals surface area (Å²) in [5.41, 5.74) is 10.6. The van der Waals surface area contributed by atoms with E-state index in [9.17, 15) is 13.2 Å². The molecule has 98 valence electrons. The van der Waals surface area contributed by atoms with Crippen molar-refractivity contribution in [1.82, 2.24) is 4.31 Å². The molecule has 2 atom stereocenters. The van der Waals surface area contributed by atoms with Gasteiger partial charge in [0, 0.05) is 13.1 Å². The molecule has 0 bridgehead atoms. The van der Waals surface area contributed by atoms with Crippen molar-refractivity contribution < 1.29 is 13.2 Å². The van der Waals surface area contributed by atoms with Gasteiger partial charge in [0.05, 0.1) is 10.9 Å². The highest BCUT2D eigenvalue weighted by Crippen LogP contribution is 2.22. The van der Waals surface area contributed by atoms with Gasteiger partial charge in [0.1, 0.15) is 5.25 Å². The smallest absolute Gasteiger partial charge is 0.223 e. The average molecular weight is 279 g/mol. The number of hydrogen-bond acceptors (Lipinski definition) is 4. The fraction of sp³-hybridized carbons (Fsp3) is 0.778. The van der Waals surface area contributed by atoms with Gasteiger partial charge in [-0.05, 0) is 12.8 Å². The lowest BCUT2D eigenvalue weighted by molar-refractivity contribution is -0.121. The minimum atomic E-state index is -3.56. The van der Waals surface area contributed by atoms with Crippen LogP contribution in [0.3, 0.4) is 0 Å². The molecule has 0 aromatic rings. The Morgan fingerprint density at radius 1 is 1.53 bits per heavy atom. The molecule has 6 nitrogen and oxygen atoms in total. The number of nitrogens with zero attached hydrogens (tertiary/aromatic N) is 1. The number of amides is 1. The van der Waals surface area contributed by atoms with Crippen molar-refractivity contribution >= 4 is 33.1 Å². The zero-order valence-electron chi connectivity index (χ0n) is 9.63. The Morgan fingerprint density at radius 2 is 2.12 bits per heavy atom. The Kier molecular flexibility index (Phi) is 4.45. The van der Waals surface area contributed by atoms with Crippen LogP contribution in [-0.2, 0) is 14.8 Å². The van der Waals surface area contributed by atoms with Crippen molar-refractivity contribution in [3.8, 4) is 0 Å². The van der Waals surface area contributed by atoms with Crippen molar-refractivity contribution in [2.45, 2.75) is 25.0 Å². The molecule has 0 aliphatic carbocycles. The maximum Gasteiger partial charge on any atom is 0.223 e. The summed E-state index contributed by atoms with van der Waals surface area (Å²) in [6.07, 6.45) is 0.789. The Morgan fingerprint density at radius 3 is 2.47 bits per heavy atom. The van der Waals surface area contributed by atoms with Gasteiger partial charge in [-0.25, -0.2) is 12.7 Å². The lowest BCUT2D eigenvalue weighted by Crippen LogP contribution is -2.43. The van der Waals surface area contributed by atoms with Crippen LogP contribution in [0.4, 0.5) is 0 Å². The molecule has 1 heterocycles. The van der Waals surface area contributed by atoms with Crippen LogP contribution >= 0.6 is 12.2 Å². The summed E-state index contributed by atoms with van der Waals surface area (Å²) in [5, 5.41) is -0.857. The van der Waals surface area contributed by atoms with Gasteiger partial charge in [0.2, 0.25) is 15.9 Å². The zero-order valence-corrected chi connectivity index (χ0v) is 11.3. The Hall–Kier alpha value is -0.730. The third-order valence-electron chi connectivity index (χ3n) is 2.96. The first-order chi connectivity index (χ1) is 7.80. The first-order valence-electron chi connectivity index (χ1n) is 5.38. The number of thiocarbonyl (C=S) groups is 1. The molecule has 8 heteroatoms. The molecule has 1 aliphatic rings. The van der Waals surface area contributed by atoms with Crippen LogP contribution in [0.15, 0.2) is 0 Å². The third-order valence-corrected chi connectivity index (χ3v) is 5.75. The van der Waals surface area contributed by atoms with Crippen LogP contribution in [0.1, 0.15) is 19.8 Å². The van der Waals surface area contributed by atoms with E-state index in [1.807, 2.05) is 0 Å². The first-order valence-corrected chi connectivity index (χ1v) is 7.29. The second kappa shape index (κ2) is 5.28. The molecule has 1 rings (SSSR count). The molecule has 0 spiro atoms.